The van der Waals surface area contributed by atoms with Gasteiger partial charge in [0.1, 0.15) is 0 Å². The highest BCUT2D eigenvalue weighted by molar-refractivity contribution is 6.01. The zero-order valence-electron chi connectivity index (χ0n) is 15.4. The molecule has 27 heavy (non-hydrogen) atoms. The second kappa shape index (κ2) is 9.77. The molecule has 0 bridgehead atoms. The maximum Gasteiger partial charge on any atom is 0.401 e. The number of urea groups is 1. The number of nitrogens with zero attached hydrogens (tertiary/aromatic N) is 3. The molecule has 8 nitrogen and oxygen atoms in total. The third-order valence-corrected chi connectivity index (χ3v) is 4.74. The van der Waals surface area contributed by atoms with Crippen LogP contribution in [0, 0.1) is 5.92 Å². The van der Waals surface area contributed by atoms with Crippen molar-refractivity contribution in [3.63, 3.8) is 0 Å². The van der Waals surface area contributed by atoms with Crippen molar-refractivity contribution >= 4 is 17.9 Å². The minimum absolute atomic E-state index is 0.0353. The Hall–Kier alpha value is -2.04. The van der Waals surface area contributed by atoms with Crippen LogP contribution in [0.25, 0.3) is 0 Å². The third-order valence-electron chi connectivity index (χ3n) is 4.74. The number of imide groups is 1. The van der Waals surface area contributed by atoms with E-state index in [-0.39, 0.29) is 25.0 Å². The minimum atomic E-state index is -4.13. The second-order valence-electron chi connectivity index (χ2n) is 6.75. The van der Waals surface area contributed by atoms with Crippen molar-refractivity contribution < 1.29 is 22.8 Å². The predicted molar refractivity (Wildman–Crippen MR) is 94.3 cm³/mol. The summed E-state index contributed by atoms with van der Waals surface area (Å²) in [6, 6.07) is -0.387. The molecule has 3 N–H and O–H groups in total. The summed E-state index contributed by atoms with van der Waals surface area (Å²) in [6.45, 7) is 1.45. The molecule has 11 heteroatoms. The van der Waals surface area contributed by atoms with Crippen LogP contribution in [-0.2, 0) is 4.79 Å². The van der Waals surface area contributed by atoms with Crippen molar-refractivity contribution in [3.8, 4) is 0 Å². The number of likely N-dealkylation sites (tertiary alicyclic amines) is 1. The van der Waals surface area contributed by atoms with E-state index < -0.39 is 12.7 Å². The van der Waals surface area contributed by atoms with Crippen LogP contribution < -0.4 is 16.0 Å². The van der Waals surface area contributed by atoms with Crippen LogP contribution in [-0.4, -0.2) is 86.7 Å². The standard InChI is InChI=1S/C16H27F3N6O2/c1-20-14(22-6-9-25-13(26)10-23-15(25)27)21-5-2-12-3-7-24(8-4-12)11-16(17,18)19/h12H,2-11H2,1H3,(H,23,27)(H2,20,21,22). The van der Waals surface area contributed by atoms with E-state index in [1.54, 1.807) is 7.05 Å². The topological polar surface area (TPSA) is 89.1 Å². The van der Waals surface area contributed by atoms with Crippen LogP contribution in [0.1, 0.15) is 19.3 Å². The molecule has 2 fully saturated rings. The fraction of sp³-hybridized carbons (Fsp3) is 0.812. The number of guanidine groups is 1. The maximum absolute atomic E-state index is 12.4. The molecule has 154 valence electrons. The Balaban J connectivity index is 1.59. The fourth-order valence-corrected chi connectivity index (χ4v) is 3.27. The lowest BCUT2D eigenvalue weighted by atomic mass is 9.93. The van der Waals surface area contributed by atoms with Crippen molar-refractivity contribution in [3.05, 3.63) is 0 Å². The average molecular weight is 392 g/mol. The monoisotopic (exact) mass is 392 g/mol. The van der Waals surface area contributed by atoms with Crippen LogP contribution in [0.4, 0.5) is 18.0 Å². The Morgan fingerprint density at radius 3 is 2.44 bits per heavy atom. The van der Waals surface area contributed by atoms with Gasteiger partial charge in [-0.2, -0.15) is 13.2 Å². The molecule has 0 aromatic heterocycles. The van der Waals surface area contributed by atoms with Crippen molar-refractivity contribution in [1.82, 2.24) is 25.8 Å². The zero-order chi connectivity index (χ0) is 19.9. The lowest BCUT2D eigenvalue weighted by molar-refractivity contribution is -0.148. The minimum Gasteiger partial charge on any atom is -0.356 e. The summed E-state index contributed by atoms with van der Waals surface area (Å²) >= 11 is 0. The summed E-state index contributed by atoms with van der Waals surface area (Å²) in [5, 5.41) is 8.65. The van der Waals surface area contributed by atoms with E-state index in [0.29, 0.717) is 38.1 Å². The highest BCUT2D eigenvalue weighted by atomic mass is 19.4. The van der Waals surface area contributed by atoms with Gasteiger partial charge in [-0.05, 0) is 38.3 Å². The Morgan fingerprint density at radius 2 is 1.89 bits per heavy atom. The molecule has 0 radical (unpaired) electrons. The molecule has 0 aromatic rings. The van der Waals surface area contributed by atoms with Gasteiger partial charge in [-0.3, -0.25) is 19.6 Å². The summed E-state index contributed by atoms with van der Waals surface area (Å²) in [5.74, 6) is 0.712. The Kier molecular flexibility index (Phi) is 7.69. The van der Waals surface area contributed by atoms with Gasteiger partial charge in [-0.15, -0.1) is 0 Å². The van der Waals surface area contributed by atoms with E-state index in [1.165, 1.54) is 4.90 Å². The molecule has 0 aromatic carbocycles. The number of alkyl halides is 3. The SMILES string of the molecule is CN=C(NCCC1CCN(CC(F)(F)F)CC1)NCCN1C(=O)CNC1=O. The molecule has 2 saturated heterocycles. The normalized spacial score (nSPS) is 20.1. The number of piperidine rings is 1. The molecule has 0 spiro atoms. The average Bonchev–Trinajstić information content (AvgIpc) is 2.92. The number of carbonyl (C=O) groups excluding carboxylic acids is 2. The van der Waals surface area contributed by atoms with Crippen molar-refractivity contribution in [2.45, 2.75) is 25.4 Å². The van der Waals surface area contributed by atoms with Gasteiger partial charge >= 0.3 is 12.2 Å². The van der Waals surface area contributed by atoms with Gasteiger partial charge in [-0.25, -0.2) is 4.79 Å². The molecule has 3 amide bonds. The summed E-state index contributed by atoms with van der Waals surface area (Å²) in [7, 11) is 1.62. The smallest absolute Gasteiger partial charge is 0.356 e. The first kappa shape index (κ1) is 21.3. The Morgan fingerprint density at radius 1 is 1.22 bits per heavy atom. The van der Waals surface area contributed by atoms with E-state index in [9.17, 15) is 22.8 Å². The molecule has 2 rings (SSSR count). The number of nitrogens with one attached hydrogen (secondary N) is 3. The van der Waals surface area contributed by atoms with E-state index in [1.807, 2.05) is 0 Å². The first-order chi connectivity index (χ1) is 12.8. The van der Waals surface area contributed by atoms with Gasteiger partial charge in [-0.1, -0.05) is 0 Å². The van der Waals surface area contributed by atoms with Crippen LogP contribution >= 0.6 is 0 Å². The first-order valence-electron chi connectivity index (χ1n) is 9.10. The number of hydrogen-bond donors (Lipinski definition) is 3. The van der Waals surface area contributed by atoms with Gasteiger partial charge in [0, 0.05) is 26.7 Å². The lowest BCUT2D eigenvalue weighted by Crippen LogP contribution is -2.44. The predicted octanol–water partition coefficient (Wildman–Crippen LogP) is 0.368. The van der Waals surface area contributed by atoms with E-state index in [2.05, 4.69) is 20.9 Å². The van der Waals surface area contributed by atoms with Gasteiger partial charge in [0.15, 0.2) is 5.96 Å². The molecular formula is C16H27F3N6O2. The van der Waals surface area contributed by atoms with Gasteiger partial charge in [0.25, 0.3) is 0 Å². The van der Waals surface area contributed by atoms with E-state index in [4.69, 9.17) is 0 Å². The van der Waals surface area contributed by atoms with Crippen LogP contribution in [0.3, 0.4) is 0 Å². The maximum atomic E-state index is 12.4. The molecular weight excluding hydrogens is 365 g/mol. The zero-order valence-corrected chi connectivity index (χ0v) is 15.4. The number of amides is 3. The summed E-state index contributed by atoms with van der Waals surface area (Å²) in [4.78, 5) is 29.6. The van der Waals surface area contributed by atoms with Gasteiger partial charge < -0.3 is 16.0 Å². The Labute approximate surface area is 156 Å². The lowest BCUT2D eigenvalue weighted by Gasteiger charge is -2.32. The summed E-state index contributed by atoms with van der Waals surface area (Å²) in [6.07, 6.45) is -1.76. The molecule has 0 aliphatic carbocycles. The van der Waals surface area contributed by atoms with Crippen LogP contribution in [0.5, 0.6) is 0 Å². The first-order valence-corrected chi connectivity index (χ1v) is 9.10. The summed E-state index contributed by atoms with van der Waals surface area (Å²) in [5.41, 5.74) is 0. The quantitative estimate of drug-likeness (QED) is 0.331. The van der Waals surface area contributed by atoms with E-state index >= 15 is 0 Å². The van der Waals surface area contributed by atoms with Gasteiger partial charge in [0.05, 0.1) is 13.1 Å². The number of halogens is 3. The molecule has 2 aliphatic heterocycles. The third kappa shape index (κ3) is 7.24. The second-order valence-corrected chi connectivity index (χ2v) is 6.75. The summed E-state index contributed by atoms with van der Waals surface area (Å²) < 4.78 is 37.2. The van der Waals surface area contributed by atoms with Crippen LogP contribution in [0.15, 0.2) is 4.99 Å². The van der Waals surface area contributed by atoms with Gasteiger partial charge in [0.2, 0.25) is 5.91 Å². The fourth-order valence-electron chi connectivity index (χ4n) is 3.27. The number of rotatable bonds is 7. The van der Waals surface area contributed by atoms with Crippen molar-refractivity contribution in [2.24, 2.45) is 10.9 Å². The van der Waals surface area contributed by atoms with E-state index in [0.717, 1.165) is 24.2 Å². The molecule has 0 saturated carbocycles. The Bertz CT molecular complexity index is 531. The molecule has 2 heterocycles. The van der Waals surface area contributed by atoms with Crippen molar-refractivity contribution in [1.29, 1.82) is 0 Å². The number of hydrogen-bond acceptors (Lipinski definition) is 4. The molecule has 0 atom stereocenters. The molecule has 0 unspecified atom stereocenters. The largest absolute Gasteiger partial charge is 0.401 e. The number of aliphatic imine (C=N–C) groups is 1. The van der Waals surface area contributed by atoms with Crippen molar-refractivity contribution in [2.75, 3.05) is 52.9 Å². The number of carbonyl (C=O) groups is 2. The highest BCUT2D eigenvalue weighted by Gasteiger charge is 2.32. The highest BCUT2D eigenvalue weighted by Crippen LogP contribution is 2.23. The molecule has 2 aliphatic rings. The van der Waals surface area contributed by atoms with Crippen LogP contribution in [0.2, 0.25) is 0 Å².